The number of hydrogen-bond acceptors (Lipinski definition) is 6. The molecule has 8 heteroatoms. The van der Waals surface area contributed by atoms with E-state index in [0.29, 0.717) is 31.0 Å². The molecule has 2 amide bonds. The molecule has 1 atom stereocenters. The van der Waals surface area contributed by atoms with Crippen molar-refractivity contribution in [3.63, 3.8) is 0 Å². The minimum absolute atomic E-state index is 0.0608. The lowest BCUT2D eigenvalue weighted by molar-refractivity contribution is -0.141. The third-order valence-corrected chi connectivity index (χ3v) is 6.33. The van der Waals surface area contributed by atoms with Crippen LogP contribution in [0.15, 0.2) is 28.9 Å². The molecule has 1 saturated heterocycles. The SMILES string of the molecule is Cc1nonc1CNC(=O)[C@@]1(C)CCCN(C(=O)CN2CCc3ccccc3C2)C1. The van der Waals surface area contributed by atoms with Crippen molar-refractivity contribution in [3.8, 4) is 0 Å². The number of piperidine rings is 1. The molecule has 1 aromatic carbocycles. The summed E-state index contributed by atoms with van der Waals surface area (Å²) >= 11 is 0. The monoisotopic (exact) mass is 411 g/mol. The number of hydrogen-bond donors (Lipinski definition) is 1. The zero-order valence-electron chi connectivity index (χ0n) is 17.7. The predicted octanol–water partition coefficient (Wildman–Crippen LogP) is 1.68. The minimum Gasteiger partial charge on any atom is -0.350 e. The van der Waals surface area contributed by atoms with E-state index >= 15 is 0 Å². The number of benzene rings is 1. The van der Waals surface area contributed by atoms with Crippen LogP contribution in [-0.2, 0) is 29.1 Å². The van der Waals surface area contributed by atoms with Gasteiger partial charge in [-0.25, -0.2) is 4.63 Å². The van der Waals surface area contributed by atoms with Crippen molar-refractivity contribution in [2.45, 2.75) is 46.2 Å². The lowest BCUT2D eigenvalue weighted by Crippen LogP contribution is -2.53. The Labute approximate surface area is 176 Å². The van der Waals surface area contributed by atoms with Gasteiger partial charge in [0.25, 0.3) is 0 Å². The highest BCUT2D eigenvalue weighted by molar-refractivity contribution is 5.84. The number of likely N-dealkylation sites (tertiary alicyclic amines) is 1. The van der Waals surface area contributed by atoms with Gasteiger partial charge < -0.3 is 10.2 Å². The van der Waals surface area contributed by atoms with Gasteiger partial charge in [-0.15, -0.1) is 0 Å². The number of fused-ring (bicyclic) bond motifs is 1. The lowest BCUT2D eigenvalue weighted by atomic mass is 9.81. The summed E-state index contributed by atoms with van der Waals surface area (Å²) in [5, 5.41) is 10.5. The molecular formula is C22H29N5O3. The topological polar surface area (TPSA) is 91.6 Å². The van der Waals surface area contributed by atoms with E-state index in [1.807, 2.05) is 11.8 Å². The Balaban J connectivity index is 1.33. The fourth-order valence-electron chi connectivity index (χ4n) is 4.41. The summed E-state index contributed by atoms with van der Waals surface area (Å²) in [6.45, 7) is 7.25. The molecule has 4 rings (SSSR count). The molecule has 30 heavy (non-hydrogen) atoms. The van der Waals surface area contributed by atoms with Crippen molar-refractivity contribution >= 4 is 11.8 Å². The first kappa shape index (κ1) is 20.5. The van der Waals surface area contributed by atoms with E-state index < -0.39 is 5.41 Å². The maximum Gasteiger partial charge on any atom is 0.236 e. The highest BCUT2D eigenvalue weighted by Crippen LogP contribution is 2.30. The van der Waals surface area contributed by atoms with Gasteiger partial charge in [-0.2, -0.15) is 0 Å². The van der Waals surface area contributed by atoms with E-state index in [1.165, 1.54) is 11.1 Å². The van der Waals surface area contributed by atoms with Crippen LogP contribution < -0.4 is 5.32 Å². The van der Waals surface area contributed by atoms with Crippen LogP contribution in [0.25, 0.3) is 0 Å². The molecule has 0 saturated carbocycles. The second kappa shape index (κ2) is 8.55. The van der Waals surface area contributed by atoms with Gasteiger partial charge in [0, 0.05) is 26.2 Å². The number of nitrogens with zero attached hydrogens (tertiary/aromatic N) is 4. The summed E-state index contributed by atoms with van der Waals surface area (Å²) in [7, 11) is 0. The molecule has 0 bridgehead atoms. The Hall–Kier alpha value is -2.74. The molecule has 0 aliphatic carbocycles. The van der Waals surface area contributed by atoms with Crippen LogP contribution in [0.4, 0.5) is 0 Å². The third-order valence-electron chi connectivity index (χ3n) is 6.33. The zero-order chi connectivity index (χ0) is 21.1. The van der Waals surface area contributed by atoms with Crippen molar-refractivity contribution in [1.82, 2.24) is 25.4 Å². The van der Waals surface area contributed by atoms with Gasteiger partial charge in [-0.05, 0) is 44.2 Å². The number of rotatable bonds is 5. The molecular weight excluding hydrogens is 382 g/mol. The summed E-state index contributed by atoms with van der Waals surface area (Å²) in [5.41, 5.74) is 3.37. The average molecular weight is 412 g/mol. The molecule has 1 aromatic heterocycles. The minimum atomic E-state index is -0.604. The van der Waals surface area contributed by atoms with Crippen LogP contribution in [0.1, 0.15) is 42.3 Å². The molecule has 0 spiro atoms. The van der Waals surface area contributed by atoms with E-state index in [1.54, 1.807) is 6.92 Å². The summed E-state index contributed by atoms with van der Waals surface area (Å²) in [6.07, 6.45) is 2.55. The predicted molar refractivity (Wildman–Crippen MR) is 110 cm³/mol. The standard InChI is InChI=1S/C22H29N5O3/c1-16-19(25-30-24-16)12-23-21(29)22(2)9-5-10-27(15-22)20(28)14-26-11-8-17-6-3-4-7-18(17)13-26/h3-4,6-7H,5,8-15H2,1-2H3,(H,23,29)/t22-/m0/s1. The maximum atomic E-state index is 13.0. The lowest BCUT2D eigenvalue weighted by Gasteiger charge is -2.40. The van der Waals surface area contributed by atoms with Crippen LogP contribution in [0.3, 0.4) is 0 Å². The van der Waals surface area contributed by atoms with E-state index in [4.69, 9.17) is 0 Å². The van der Waals surface area contributed by atoms with Crippen LogP contribution in [-0.4, -0.2) is 58.1 Å². The Morgan fingerprint density at radius 3 is 2.77 bits per heavy atom. The van der Waals surface area contributed by atoms with Gasteiger partial charge in [-0.1, -0.05) is 34.6 Å². The molecule has 1 N–H and O–H groups in total. The molecule has 3 heterocycles. The molecule has 160 valence electrons. The molecule has 2 aromatic rings. The number of carbonyl (C=O) groups is 2. The summed E-state index contributed by atoms with van der Waals surface area (Å²) in [4.78, 5) is 29.9. The Bertz CT molecular complexity index is 927. The molecule has 2 aliphatic heterocycles. The fraction of sp³-hybridized carbons (Fsp3) is 0.545. The smallest absolute Gasteiger partial charge is 0.236 e. The highest BCUT2D eigenvalue weighted by Gasteiger charge is 2.39. The van der Waals surface area contributed by atoms with Crippen LogP contribution in [0.5, 0.6) is 0 Å². The van der Waals surface area contributed by atoms with Gasteiger partial charge >= 0.3 is 0 Å². The highest BCUT2D eigenvalue weighted by atomic mass is 16.6. The van der Waals surface area contributed by atoms with Gasteiger partial charge in [0.1, 0.15) is 11.4 Å². The van der Waals surface area contributed by atoms with Crippen molar-refractivity contribution in [1.29, 1.82) is 0 Å². The first-order chi connectivity index (χ1) is 14.4. The first-order valence-corrected chi connectivity index (χ1v) is 10.6. The Morgan fingerprint density at radius 2 is 2.00 bits per heavy atom. The first-order valence-electron chi connectivity index (χ1n) is 10.6. The Morgan fingerprint density at radius 1 is 1.20 bits per heavy atom. The van der Waals surface area contributed by atoms with Crippen molar-refractivity contribution in [3.05, 3.63) is 46.8 Å². The van der Waals surface area contributed by atoms with E-state index in [-0.39, 0.29) is 18.4 Å². The largest absolute Gasteiger partial charge is 0.350 e. The van der Waals surface area contributed by atoms with Gasteiger partial charge in [-0.3, -0.25) is 14.5 Å². The number of carbonyl (C=O) groups excluding carboxylic acids is 2. The fourth-order valence-corrected chi connectivity index (χ4v) is 4.41. The number of aryl methyl sites for hydroxylation is 1. The van der Waals surface area contributed by atoms with Gasteiger partial charge in [0.05, 0.1) is 18.5 Å². The summed E-state index contributed by atoms with van der Waals surface area (Å²) < 4.78 is 4.68. The van der Waals surface area contributed by atoms with Crippen LogP contribution in [0.2, 0.25) is 0 Å². The quantitative estimate of drug-likeness (QED) is 0.805. The second-order valence-electron chi connectivity index (χ2n) is 8.69. The van der Waals surface area contributed by atoms with E-state index in [0.717, 1.165) is 32.4 Å². The second-order valence-corrected chi connectivity index (χ2v) is 8.69. The van der Waals surface area contributed by atoms with Gasteiger partial charge in [0.15, 0.2) is 0 Å². The Kier molecular flexibility index (Phi) is 5.85. The van der Waals surface area contributed by atoms with E-state index in [9.17, 15) is 9.59 Å². The van der Waals surface area contributed by atoms with Crippen molar-refractivity contribution in [2.24, 2.45) is 5.41 Å². The van der Waals surface area contributed by atoms with Crippen LogP contribution >= 0.6 is 0 Å². The third kappa shape index (κ3) is 4.38. The molecule has 2 aliphatic rings. The number of amides is 2. The van der Waals surface area contributed by atoms with Crippen molar-refractivity contribution in [2.75, 3.05) is 26.2 Å². The zero-order valence-corrected chi connectivity index (χ0v) is 17.7. The normalized spacial score (nSPS) is 21.9. The maximum absolute atomic E-state index is 13.0. The summed E-state index contributed by atoms with van der Waals surface area (Å²) in [6, 6.07) is 8.43. The van der Waals surface area contributed by atoms with Crippen molar-refractivity contribution < 1.29 is 14.2 Å². The van der Waals surface area contributed by atoms with Gasteiger partial charge in [0.2, 0.25) is 11.8 Å². The summed E-state index contributed by atoms with van der Waals surface area (Å²) in [5.74, 6) is 0.0407. The molecule has 1 fully saturated rings. The molecule has 0 unspecified atom stereocenters. The number of nitrogens with one attached hydrogen (secondary N) is 1. The number of aromatic nitrogens is 2. The van der Waals surface area contributed by atoms with Crippen LogP contribution in [0, 0.1) is 12.3 Å². The molecule has 0 radical (unpaired) electrons. The van der Waals surface area contributed by atoms with E-state index in [2.05, 4.69) is 49.4 Å². The molecule has 8 nitrogen and oxygen atoms in total. The average Bonchev–Trinajstić information content (AvgIpc) is 3.16.